The van der Waals surface area contributed by atoms with Crippen LogP contribution in [0.25, 0.3) is 10.8 Å². The number of allylic oxidation sites excluding steroid dienone is 4. The van der Waals surface area contributed by atoms with E-state index < -0.39 is 0 Å². The Labute approximate surface area is 109 Å². The molecule has 0 N–H and O–H groups in total. The smallest absolute Gasteiger partial charge is 0 e. The molecule has 16 heavy (non-hydrogen) atoms. The average molecular weight is 244 g/mol. The monoisotopic (exact) mass is 244 g/mol. The van der Waals surface area contributed by atoms with Gasteiger partial charge in [0.15, 0.2) is 0 Å². The molecule has 1 heteroatoms. The molecule has 1 aliphatic carbocycles. The molecule has 3 rings (SSSR count). The minimum Gasteiger partial charge on any atom is -0.273 e. The Hall–Kier alpha value is -1.24. The molecule has 0 fully saturated rings. The third-order valence-corrected chi connectivity index (χ3v) is 2.24. The van der Waals surface area contributed by atoms with E-state index >= 15 is 0 Å². The molecule has 0 saturated carbocycles. The molecular weight excluding hydrogens is 231 g/mol. The Morgan fingerprint density at radius 1 is 0.812 bits per heavy atom. The van der Waals surface area contributed by atoms with Crippen LogP contribution in [-0.4, -0.2) is 0 Å². The summed E-state index contributed by atoms with van der Waals surface area (Å²) in [5.74, 6) is 0. The molecule has 79 valence electrons. The van der Waals surface area contributed by atoms with Crippen molar-refractivity contribution >= 4 is 10.8 Å². The van der Waals surface area contributed by atoms with Crippen molar-refractivity contribution in [2.24, 2.45) is 0 Å². The number of rotatable bonds is 0. The molecule has 0 atom stereocenters. The fourth-order valence-electron chi connectivity index (χ4n) is 1.47. The van der Waals surface area contributed by atoms with Crippen LogP contribution < -0.4 is 0 Å². The Morgan fingerprint density at radius 2 is 1.31 bits per heavy atom. The molecule has 2 aromatic rings. The van der Waals surface area contributed by atoms with Gasteiger partial charge in [0, 0.05) is 18.6 Å². The van der Waals surface area contributed by atoms with E-state index in [2.05, 4.69) is 60.7 Å². The van der Waals surface area contributed by atoms with Crippen molar-refractivity contribution in [3.63, 3.8) is 0 Å². The molecule has 1 radical (unpaired) electrons. The van der Waals surface area contributed by atoms with Gasteiger partial charge in [0.05, 0.1) is 0 Å². The molecule has 0 aliphatic heterocycles. The molecule has 0 heterocycles. The van der Waals surface area contributed by atoms with Gasteiger partial charge in [0.1, 0.15) is 0 Å². The molecular formula is C15H13V-. The molecule has 0 amide bonds. The Bertz CT molecular complexity index is 408. The second-order valence-electron chi connectivity index (χ2n) is 3.35. The normalized spacial score (nSPS) is 11.8. The number of hydrogen-bond donors (Lipinski definition) is 0. The molecule has 2 aromatic carbocycles. The van der Waals surface area contributed by atoms with Crippen LogP contribution in [0.15, 0.2) is 66.8 Å². The van der Waals surface area contributed by atoms with E-state index in [0.29, 0.717) is 0 Å². The van der Waals surface area contributed by atoms with Crippen LogP contribution in [0.1, 0.15) is 6.42 Å². The molecule has 0 aromatic heterocycles. The topological polar surface area (TPSA) is 0 Å². The van der Waals surface area contributed by atoms with Gasteiger partial charge in [0.2, 0.25) is 0 Å². The first-order chi connectivity index (χ1) is 7.47. The van der Waals surface area contributed by atoms with Gasteiger partial charge in [-0.1, -0.05) is 48.5 Å². The van der Waals surface area contributed by atoms with Crippen LogP contribution in [0, 0.1) is 6.08 Å². The summed E-state index contributed by atoms with van der Waals surface area (Å²) >= 11 is 0. The number of hydrogen-bond acceptors (Lipinski definition) is 0. The minimum atomic E-state index is 0. The summed E-state index contributed by atoms with van der Waals surface area (Å²) in [6.07, 6.45) is 10.0. The van der Waals surface area contributed by atoms with Gasteiger partial charge in [0.25, 0.3) is 0 Å². The summed E-state index contributed by atoms with van der Waals surface area (Å²) in [6, 6.07) is 16.7. The van der Waals surface area contributed by atoms with Gasteiger partial charge in [-0.3, -0.25) is 6.08 Å². The summed E-state index contributed by atoms with van der Waals surface area (Å²) in [7, 11) is 0. The Morgan fingerprint density at radius 3 is 1.56 bits per heavy atom. The van der Waals surface area contributed by atoms with E-state index in [0.717, 1.165) is 6.42 Å². The van der Waals surface area contributed by atoms with Crippen molar-refractivity contribution in [1.82, 2.24) is 0 Å². The van der Waals surface area contributed by atoms with Crippen molar-refractivity contribution in [1.29, 1.82) is 0 Å². The van der Waals surface area contributed by atoms with Gasteiger partial charge >= 0.3 is 0 Å². The van der Waals surface area contributed by atoms with E-state index in [-0.39, 0.29) is 18.6 Å². The van der Waals surface area contributed by atoms with E-state index in [9.17, 15) is 0 Å². The van der Waals surface area contributed by atoms with Gasteiger partial charge in [-0.2, -0.15) is 6.08 Å². The van der Waals surface area contributed by atoms with Crippen molar-refractivity contribution in [3.8, 4) is 0 Å². The van der Waals surface area contributed by atoms with Crippen molar-refractivity contribution < 1.29 is 18.6 Å². The van der Waals surface area contributed by atoms with Crippen LogP contribution in [0.4, 0.5) is 0 Å². The molecule has 0 nitrogen and oxygen atoms in total. The van der Waals surface area contributed by atoms with Crippen LogP contribution in [0.2, 0.25) is 0 Å². The van der Waals surface area contributed by atoms with Gasteiger partial charge in [-0.05, 0) is 10.8 Å². The zero-order chi connectivity index (χ0) is 10.3. The third kappa shape index (κ3) is 3.73. The summed E-state index contributed by atoms with van der Waals surface area (Å²) in [4.78, 5) is 0. The number of fused-ring (bicyclic) bond motifs is 1. The molecule has 1 aliphatic rings. The summed E-state index contributed by atoms with van der Waals surface area (Å²) in [5, 5.41) is 2.62. The van der Waals surface area contributed by atoms with E-state index in [1.54, 1.807) is 0 Å². The molecule has 0 saturated heterocycles. The zero-order valence-electron chi connectivity index (χ0n) is 9.01. The van der Waals surface area contributed by atoms with Gasteiger partial charge < -0.3 is 0 Å². The Balaban J connectivity index is 0.000000183. The predicted molar refractivity (Wildman–Crippen MR) is 65.5 cm³/mol. The largest absolute Gasteiger partial charge is 0.273 e. The molecule has 0 bridgehead atoms. The van der Waals surface area contributed by atoms with E-state index in [1.807, 2.05) is 12.2 Å². The maximum Gasteiger partial charge on any atom is 0 e. The van der Waals surface area contributed by atoms with Crippen molar-refractivity contribution in [2.75, 3.05) is 0 Å². The average Bonchev–Trinajstić information content (AvgIpc) is 2.88. The standard InChI is InChI=1S/C10H8.C5H5.V/c1-2-6-10-8-4-3-7-9(10)5-1;1-2-4-5-3-1;/h1-8H;1-3H,4H2;/q;-1;. The van der Waals surface area contributed by atoms with E-state index in [1.165, 1.54) is 10.8 Å². The predicted octanol–water partition coefficient (Wildman–Crippen LogP) is 4.14. The second kappa shape index (κ2) is 7.11. The van der Waals surface area contributed by atoms with Gasteiger partial charge in [-0.25, -0.2) is 12.2 Å². The van der Waals surface area contributed by atoms with Crippen LogP contribution in [-0.2, 0) is 18.6 Å². The zero-order valence-corrected chi connectivity index (χ0v) is 10.4. The van der Waals surface area contributed by atoms with Crippen molar-refractivity contribution in [3.05, 3.63) is 72.8 Å². The third-order valence-electron chi connectivity index (χ3n) is 2.24. The van der Waals surface area contributed by atoms with E-state index in [4.69, 9.17) is 0 Å². The molecule has 0 unspecified atom stereocenters. The number of benzene rings is 2. The molecule has 0 spiro atoms. The SMILES string of the molecule is [C-]1=CC=CC1.[V].c1ccc2ccccc2c1. The van der Waals surface area contributed by atoms with Crippen LogP contribution in [0.3, 0.4) is 0 Å². The minimum absolute atomic E-state index is 0. The summed E-state index contributed by atoms with van der Waals surface area (Å²) < 4.78 is 0. The maximum atomic E-state index is 2.99. The quantitative estimate of drug-likeness (QED) is 0.611. The fraction of sp³-hybridized carbons (Fsp3) is 0.0667. The first-order valence-corrected chi connectivity index (χ1v) is 5.12. The first-order valence-electron chi connectivity index (χ1n) is 5.12. The van der Waals surface area contributed by atoms with Crippen LogP contribution in [0.5, 0.6) is 0 Å². The van der Waals surface area contributed by atoms with Crippen LogP contribution >= 0.6 is 0 Å². The summed E-state index contributed by atoms with van der Waals surface area (Å²) in [6.45, 7) is 0. The first kappa shape index (κ1) is 12.8. The maximum absolute atomic E-state index is 2.99. The Kier molecular flexibility index (Phi) is 5.70. The van der Waals surface area contributed by atoms with Crippen molar-refractivity contribution in [2.45, 2.75) is 6.42 Å². The summed E-state index contributed by atoms with van der Waals surface area (Å²) in [5.41, 5.74) is 0. The second-order valence-corrected chi connectivity index (χ2v) is 3.35. The van der Waals surface area contributed by atoms with Gasteiger partial charge in [-0.15, -0.1) is 6.42 Å². The fourth-order valence-corrected chi connectivity index (χ4v) is 1.47.